The molecule has 0 radical (unpaired) electrons. The SMILES string of the molecule is COc1ccccc1-c1coc2c(C)c(OC)c(/C(C)=C/C(=O)Nc3cccc(C)n3)cc12. The number of amides is 1. The number of ether oxygens (including phenoxy) is 2. The van der Waals surface area contributed by atoms with Crippen molar-refractivity contribution < 1.29 is 18.7 Å². The maximum atomic E-state index is 12.7. The van der Waals surface area contributed by atoms with Crippen LogP contribution >= 0.6 is 0 Å². The second-order valence-corrected chi connectivity index (χ2v) is 7.79. The maximum absolute atomic E-state index is 12.7. The predicted octanol–water partition coefficient (Wildman–Crippen LogP) is 6.17. The highest BCUT2D eigenvalue weighted by molar-refractivity contribution is 6.05. The number of fused-ring (bicyclic) bond motifs is 1. The Kier molecular flexibility index (Phi) is 6.18. The van der Waals surface area contributed by atoms with Crippen molar-refractivity contribution in [3.05, 3.63) is 77.7 Å². The zero-order chi connectivity index (χ0) is 23.5. The lowest BCUT2D eigenvalue weighted by Crippen LogP contribution is -2.10. The topological polar surface area (TPSA) is 73.6 Å². The summed E-state index contributed by atoms with van der Waals surface area (Å²) >= 11 is 0. The smallest absolute Gasteiger partial charge is 0.249 e. The molecule has 0 aliphatic rings. The van der Waals surface area contributed by atoms with E-state index < -0.39 is 0 Å². The molecular formula is C27H26N2O4. The Hall–Kier alpha value is -4.06. The number of nitrogens with zero attached hydrogens (tertiary/aromatic N) is 1. The number of carbonyl (C=O) groups excluding carboxylic acids is 1. The van der Waals surface area contributed by atoms with Gasteiger partial charge in [0.05, 0.1) is 20.5 Å². The second-order valence-electron chi connectivity index (χ2n) is 7.79. The van der Waals surface area contributed by atoms with E-state index in [1.165, 1.54) is 0 Å². The van der Waals surface area contributed by atoms with Crippen LogP contribution in [0.1, 0.15) is 23.7 Å². The molecule has 2 aromatic carbocycles. The molecule has 4 aromatic rings. The van der Waals surface area contributed by atoms with Crippen molar-refractivity contribution in [1.82, 2.24) is 4.98 Å². The van der Waals surface area contributed by atoms with E-state index >= 15 is 0 Å². The number of furan rings is 1. The number of para-hydroxylation sites is 1. The van der Waals surface area contributed by atoms with Crippen LogP contribution in [0.5, 0.6) is 11.5 Å². The largest absolute Gasteiger partial charge is 0.496 e. The number of pyridine rings is 1. The highest BCUT2D eigenvalue weighted by Gasteiger charge is 2.20. The van der Waals surface area contributed by atoms with Gasteiger partial charge in [-0.3, -0.25) is 4.79 Å². The molecule has 0 aliphatic carbocycles. The molecular weight excluding hydrogens is 416 g/mol. The molecule has 0 bridgehead atoms. The molecule has 33 heavy (non-hydrogen) atoms. The first kappa shape index (κ1) is 22.1. The molecule has 4 rings (SSSR count). The molecule has 0 saturated carbocycles. The number of nitrogens with one attached hydrogen (secondary N) is 1. The van der Waals surface area contributed by atoms with Crippen molar-refractivity contribution in [3.8, 4) is 22.6 Å². The molecule has 6 nitrogen and oxygen atoms in total. The Bertz CT molecular complexity index is 1370. The zero-order valence-corrected chi connectivity index (χ0v) is 19.4. The van der Waals surface area contributed by atoms with E-state index in [0.29, 0.717) is 11.6 Å². The van der Waals surface area contributed by atoms with Gasteiger partial charge in [-0.1, -0.05) is 24.3 Å². The number of hydrogen-bond donors (Lipinski definition) is 1. The van der Waals surface area contributed by atoms with Gasteiger partial charge >= 0.3 is 0 Å². The van der Waals surface area contributed by atoms with Gasteiger partial charge < -0.3 is 19.2 Å². The highest BCUT2D eigenvalue weighted by atomic mass is 16.5. The molecule has 2 aromatic heterocycles. The molecule has 0 fully saturated rings. The van der Waals surface area contributed by atoms with Gasteiger partial charge in [-0.2, -0.15) is 0 Å². The summed E-state index contributed by atoms with van der Waals surface area (Å²) in [6.45, 7) is 5.71. The van der Waals surface area contributed by atoms with E-state index in [1.54, 1.807) is 32.6 Å². The van der Waals surface area contributed by atoms with Crippen LogP contribution in [0.25, 0.3) is 27.7 Å². The first-order valence-corrected chi connectivity index (χ1v) is 10.6. The van der Waals surface area contributed by atoms with E-state index in [0.717, 1.165) is 50.2 Å². The average molecular weight is 443 g/mol. The van der Waals surface area contributed by atoms with E-state index in [-0.39, 0.29) is 5.91 Å². The van der Waals surface area contributed by atoms with Crippen LogP contribution in [0, 0.1) is 13.8 Å². The Morgan fingerprint density at radius 3 is 2.55 bits per heavy atom. The fourth-order valence-corrected chi connectivity index (χ4v) is 4.00. The van der Waals surface area contributed by atoms with Crippen LogP contribution in [0.2, 0.25) is 0 Å². The molecule has 1 N–H and O–H groups in total. The Morgan fingerprint density at radius 2 is 1.82 bits per heavy atom. The Balaban J connectivity index is 1.79. The number of hydrogen-bond acceptors (Lipinski definition) is 5. The predicted molar refractivity (Wildman–Crippen MR) is 131 cm³/mol. The lowest BCUT2D eigenvalue weighted by atomic mass is 9.96. The monoisotopic (exact) mass is 442 g/mol. The molecule has 1 amide bonds. The first-order chi connectivity index (χ1) is 15.9. The van der Waals surface area contributed by atoms with E-state index in [2.05, 4.69) is 10.3 Å². The third kappa shape index (κ3) is 4.32. The third-order valence-electron chi connectivity index (χ3n) is 5.56. The fraction of sp³-hybridized carbons (Fsp3) is 0.185. The van der Waals surface area contributed by atoms with Crippen molar-refractivity contribution in [2.24, 2.45) is 0 Å². The Morgan fingerprint density at radius 1 is 1.03 bits per heavy atom. The summed E-state index contributed by atoms with van der Waals surface area (Å²) < 4.78 is 17.2. The highest BCUT2D eigenvalue weighted by Crippen LogP contribution is 2.42. The van der Waals surface area contributed by atoms with Crippen molar-refractivity contribution in [3.63, 3.8) is 0 Å². The lowest BCUT2D eigenvalue weighted by molar-refractivity contribution is -0.111. The van der Waals surface area contributed by atoms with Gasteiger partial charge in [0.1, 0.15) is 22.9 Å². The lowest BCUT2D eigenvalue weighted by Gasteiger charge is -2.14. The van der Waals surface area contributed by atoms with Crippen LogP contribution in [0.4, 0.5) is 5.82 Å². The molecule has 0 spiro atoms. The van der Waals surface area contributed by atoms with E-state index in [4.69, 9.17) is 13.9 Å². The minimum Gasteiger partial charge on any atom is -0.496 e. The number of allylic oxidation sites excluding steroid dienone is 1. The summed E-state index contributed by atoms with van der Waals surface area (Å²) in [7, 11) is 3.27. The van der Waals surface area contributed by atoms with Crippen molar-refractivity contribution in [1.29, 1.82) is 0 Å². The van der Waals surface area contributed by atoms with Gasteiger partial charge in [0, 0.05) is 39.4 Å². The van der Waals surface area contributed by atoms with Crippen LogP contribution in [0.3, 0.4) is 0 Å². The van der Waals surface area contributed by atoms with Crippen LogP contribution in [0.15, 0.2) is 65.3 Å². The Labute approximate surface area is 192 Å². The molecule has 0 unspecified atom stereocenters. The number of methoxy groups -OCH3 is 2. The van der Waals surface area contributed by atoms with Gasteiger partial charge in [0.2, 0.25) is 5.91 Å². The number of anilines is 1. The second kappa shape index (κ2) is 9.20. The van der Waals surface area contributed by atoms with Crippen molar-refractivity contribution >= 4 is 28.3 Å². The van der Waals surface area contributed by atoms with Gasteiger partial charge in [0.15, 0.2) is 0 Å². The van der Waals surface area contributed by atoms with Crippen LogP contribution in [-0.4, -0.2) is 25.1 Å². The minimum absolute atomic E-state index is 0.262. The zero-order valence-electron chi connectivity index (χ0n) is 19.4. The summed E-state index contributed by atoms with van der Waals surface area (Å²) in [6, 6.07) is 15.3. The average Bonchev–Trinajstić information content (AvgIpc) is 3.23. The molecule has 168 valence electrons. The number of carbonyl (C=O) groups is 1. The van der Waals surface area contributed by atoms with Crippen LogP contribution in [-0.2, 0) is 4.79 Å². The van der Waals surface area contributed by atoms with Crippen LogP contribution < -0.4 is 14.8 Å². The summed E-state index contributed by atoms with van der Waals surface area (Å²) in [6.07, 6.45) is 3.28. The number of benzene rings is 2. The number of aromatic nitrogens is 1. The van der Waals surface area contributed by atoms with Gasteiger partial charge in [-0.05, 0) is 50.6 Å². The van der Waals surface area contributed by atoms with E-state index in [1.807, 2.05) is 63.2 Å². The molecule has 2 heterocycles. The molecule has 6 heteroatoms. The van der Waals surface area contributed by atoms with Crippen molar-refractivity contribution in [2.45, 2.75) is 20.8 Å². The summed E-state index contributed by atoms with van der Waals surface area (Å²) in [5, 5.41) is 3.74. The summed E-state index contributed by atoms with van der Waals surface area (Å²) in [4.78, 5) is 17.0. The molecule has 0 saturated heterocycles. The fourth-order valence-electron chi connectivity index (χ4n) is 4.00. The summed E-state index contributed by atoms with van der Waals surface area (Å²) in [5.41, 5.74) is 5.84. The van der Waals surface area contributed by atoms with Gasteiger partial charge in [0.25, 0.3) is 0 Å². The number of aryl methyl sites for hydroxylation is 2. The van der Waals surface area contributed by atoms with Gasteiger partial charge in [-0.15, -0.1) is 0 Å². The third-order valence-corrected chi connectivity index (χ3v) is 5.56. The normalized spacial score (nSPS) is 11.5. The van der Waals surface area contributed by atoms with E-state index in [9.17, 15) is 4.79 Å². The summed E-state index contributed by atoms with van der Waals surface area (Å²) in [5.74, 6) is 1.67. The number of rotatable bonds is 6. The standard InChI is InChI=1S/C27H26N2O4/c1-16(13-25(30)29-24-12-8-9-17(2)28-24)20-14-21-22(19-10-6-7-11-23(19)31-4)15-33-27(21)18(3)26(20)32-5/h6-15H,1-5H3,(H,28,29,30)/b16-13+. The van der Waals surface area contributed by atoms with Gasteiger partial charge in [-0.25, -0.2) is 4.98 Å². The first-order valence-electron chi connectivity index (χ1n) is 10.6. The minimum atomic E-state index is -0.262. The quantitative estimate of drug-likeness (QED) is 0.362. The molecule has 0 atom stereocenters. The maximum Gasteiger partial charge on any atom is 0.249 e. The molecule has 0 aliphatic heterocycles. The van der Waals surface area contributed by atoms with Crippen molar-refractivity contribution in [2.75, 3.05) is 19.5 Å².